The molecule has 0 saturated carbocycles. The van der Waals surface area contributed by atoms with Gasteiger partial charge in [-0.05, 0) is 32.9 Å². The fraction of sp³-hybridized carbons (Fsp3) is 0.379. The lowest BCUT2D eigenvalue weighted by Gasteiger charge is -2.44. The number of thiazole rings is 1. The second kappa shape index (κ2) is 12.0. The van der Waals surface area contributed by atoms with Gasteiger partial charge in [-0.1, -0.05) is 6.08 Å². The summed E-state index contributed by atoms with van der Waals surface area (Å²) in [6, 6.07) is 1.26. The molecule has 1 amide bonds. The molecule has 5 rings (SSSR count). The van der Waals surface area contributed by atoms with Crippen molar-refractivity contribution >= 4 is 44.3 Å². The lowest BCUT2D eigenvalue weighted by molar-refractivity contribution is -0.138. The number of rotatable bonds is 5. The number of nitrogens with one attached hydrogen (secondary N) is 2. The minimum atomic E-state index is -5.04. The Labute approximate surface area is 253 Å². The van der Waals surface area contributed by atoms with E-state index in [-0.39, 0.29) is 36.0 Å². The molecule has 1 fully saturated rings. The van der Waals surface area contributed by atoms with Gasteiger partial charge in [0.15, 0.2) is 10.9 Å². The largest absolute Gasteiger partial charge is 0.417 e. The summed E-state index contributed by atoms with van der Waals surface area (Å²) >= 11 is 1.14. The van der Waals surface area contributed by atoms with Crippen LogP contribution < -0.4 is 20.7 Å². The third kappa shape index (κ3) is 6.04. The third-order valence-electron chi connectivity index (χ3n) is 7.94. The van der Waals surface area contributed by atoms with E-state index in [1.54, 1.807) is 15.9 Å². The first-order valence-corrected chi connectivity index (χ1v) is 14.5. The molecule has 2 N–H and O–H groups in total. The number of piperazine rings is 1. The van der Waals surface area contributed by atoms with E-state index in [4.69, 9.17) is 6.57 Å². The summed E-state index contributed by atoms with van der Waals surface area (Å²) in [7, 11) is 1.92. The number of alkyl halides is 3. The van der Waals surface area contributed by atoms with Crippen LogP contribution in [0.2, 0.25) is 0 Å². The number of benzene rings is 1. The van der Waals surface area contributed by atoms with Gasteiger partial charge < -0.3 is 20.1 Å². The highest BCUT2D eigenvalue weighted by molar-refractivity contribution is 7.19. The van der Waals surface area contributed by atoms with Crippen molar-refractivity contribution in [3.05, 3.63) is 80.7 Å². The van der Waals surface area contributed by atoms with Gasteiger partial charge in [0.05, 0.1) is 28.9 Å². The number of likely N-dealkylation sites (N-methyl/N-ethyl adjacent to an activating group) is 1. The summed E-state index contributed by atoms with van der Waals surface area (Å²) in [6.07, 6.45) is -0.938. The molecule has 232 valence electrons. The van der Waals surface area contributed by atoms with Crippen molar-refractivity contribution in [2.75, 3.05) is 48.3 Å². The van der Waals surface area contributed by atoms with Crippen molar-refractivity contribution < 1.29 is 26.7 Å². The van der Waals surface area contributed by atoms with Gasteiger partial charge in [0.1, 0.15) is 11.5 Å². The first-order chi connectivity index (χ1) is 20.8. The lowest BCUT2D eigenvalue weighted by Crippen LogP contribution is -2.55. The van der Waals surface area contributed by atoms with Crippen molar-refractivity contribution in [1.82, 2.24) is 14.9 Å². The molecule has 0 radical (unpaired) electrons. The number of halogens is 5. The van der Waals surface area contributed by atoms with Crippen LogP contribution >= 0.6 is 11.3 Å². The number of H-pyrrole nitrogens is 1. The average Bonchev–Trinajstić information content (AvgIpc) is 3.46. The van der Waals surface area contributed by atoms with Crippen molar-refractivity contribution in [2.45, 2.75) is 38.5 Å². The first kappa shape index (κ1) is 31.1. The zero-order valence-electron chi connectivity index (χ0n) is 23.9. The Kier molecular flexibility index (Phi) is 8.50. The number of amides is 1. The SMILES string of the molecule is [C-]#[N+]c1cnc(N2CCC=C(c3c(F)cc(N4C[C@@H](C)N(C)[C@@H](C)C4)c(NC(=O)c4c[nH]c(=O)cc4C(F)(F)F)c3F)C2)s1. The molecule has 1 aromatic carbocycles. The highest BCUT2D eigenvalue weighted by Crippen LogP contribution is 2.40. The highest BCUT2D eigenvalue weighted by atomic mass is 32.1. The average molecular weight is 634 g/mol. The van der Waals surface area contributed by atoms with E-state index in [1.807, 2.05) is 20.9 Å². The van der Waals surface area contributed by atoms with E-state index >= 15 is 8.78 Å². The topological polar surface area (TPSA) is 88.9 Å². The van der Waals surface area contributed by atoms with Crippen LogP contribution in [0.4, 0.5) is 43.5 Å². The Morgan fingerprint density at radius 2 is 1.89 bits per heavy atom. The fourth-order valence-electron chi connectivity index (χ4n) is 5.49. The third-order valence-corrected chi connectivity index (χ3v) is 8.90. The molecule has 2 atom stereocenters. The minimum Gasteiger partial charge on any atom is -0.367 e. The number of pyridine rings is 1. The van der Waals surface area contributed by atoms with E-state index in [1.165, 1.54) is 6.20 Å². The summed E-state index contributed by atoms with van der Waals surface area (Å²) in [5, 5.41) is 3.15. The summed E-state index contributed by atoms with van der Waals surface area (Å²) < 4.78 is 73.8. The number of aromatic amines is 1. The zero-order chi connectivity index (χ0) is 31.9. The summed E-state index contributed by atoms with van der Waals surface area (Å²) in [6.45, 7) is 12.2. The van der Waals surface area contributed by atoms with Gasteiger partial charge in [-0.3, -0.25) is 14.5 Å². The van der Waals surface area contributed by atoms with Gasteiger partial charge in [0, 0.05) is 62.8 Å². The number of hydrogen-bond donors (Lipinski definition) is 2. The first-order valence-electron chi connectivity index (χ1n) is 13.7. The standard InChI is InChI=1S/C29H28F5N7O2S/c1-15-12-41(13-16(2)39(15)4)21-9-20(30)24(17-6-5-7-40(14-17)28-37-11-23(35-3)44-28)25(31)26(21)38-27(43)18-10-36-22(42)8-19(18)29(32,33)34/h6,8-11,15-16H,5,7,12-14H2,1-2,4H3,(H,36,42)(H,38,43)/t15-,16+. The number of hydrogen-bond acceptors (Lipinski definition) is 7. The Morgan fingerprint density at radius 3 is 2.52 bits per heavy atom. The maximum Gasteiger partial charge on any atom is 0.417 e. The number of anilines is 3. The molecule has 2 aliphatic heterocycles. The Morgan fingerprint density at radius 1 is 1.18 bits per heavy atom. The van der Waals surface area contributed by atoms with Crippen molar-refractivity contribution in [3.8, 4) is 0 Å². The number of carbonyl (C=O) groups is 1. The van der Waals surface area contributed by atoms with Gasteiger partial charge in [-0.25, -0.2) is 18.6 Å². The molecule has 2 aromatic heterocycles. The minimum absolute atomic E-state index is 0.0169. The predicted octanol–water partition coefficient (Wildman–Crippen LogP) is 5.75. The molecule has 1 saturated heterocycles. The second-order valence-corrected chi connectivity index (χ2v) is 11.8. The summed E-state index contributed by atoms with van der Waals surface area (Å²) in [5.41, 5.74) is -4.14. The van der Waals surface area contributed by atoms with E-state index < -0.39 is 51.7 Å². The lowest BCUT2D eigenvalue weighted by atomic mass is 9.97. The van der Waals surface area contributed by atoms with Gasteiger partial charge in [-0.2, -0.15) is 13.2 Å². The summed E-state index contributed by atoms with van der Waals surface area (Å²) in [5.74, 6) is -3.36. The van der Waals surface area contributed by atoms with Crippen LogP contribution in [-0.2, 0) is 6.18 Å². The van der Waals surface area contributed by atoms with Crippen molar-refractivity contribution in [1.29, 1.82) is 0 Å². The molecular weight excluding hydrogens is 605 g/mol. The molecule has 2 aliphatic rings. The Hall–Kier alpha value is -4.29. The number of nitrogens with zero attached hydrogens (tertiary/aromatic N) is 5. The normalized spacial score (nSPS) is 19.5. The molecule has 15 heteroatoms. The van der Waals surface area contributed by atoms with E-state index in [0.29, 0.717) is 42.4 Å². The van der Waals surface area contributed by atoms with Crippen LogP contribution in [0.15, 0.2) is 35.4 Å². The monoisotopic (exact) mass is 633 g/mol. The molecule has 9 nitrogen and oxygen atoms in total. The maximum atomic E-state index is 16.6. The van der Waals surface area contributed by atoms with Crippen LogP contribution in [0.25, 0.3) is 10.4 Å². The van der Waals surface area contributed by atoms with Crippen LogP contribution in [-0.4, -0.2) is 66.1 Å². The molecular formula is C29H28F5N7O2S. The van der Waals surface area contributed by atoms with Gasteiger partial charge >= 0.3 is 6.18 Å². The molecule has 4 heterocycles. The van der Waals surface area contributed by atoms with Gasteiger partial charge in [-0.15, -0.1) is 11.3 Å². The van der Waals surface area contributed by atoms with Gasteiger partial charge in [0.2, 0.25) is 5.56 Å². The fourth-order valence-corrected chi connectivity index (χ4v) is 6.22. The quantitative estimate of drug-likeness (QED) is 0.275. The van der Waals surface area contributed by atoms with Gasteiger partial charge in [0.25, 0.3) is 10.9 Å². The summed E-state index contributed by atoms with van der Waals surface area (Å²) in [4.78, 5) is 40.2. The molecule has 0 spiro atoms. The number of aromatic nitrogens is 2. The molecule has 44 heavy (non-hydrogen) atoms. The van der Waals surface area contributed by atoms with E-state index in [2.05, 4.69) is 25.0 Å². The molecule has 0 aliphatic carbocycles. The van der Waals surface area contributed by atoms with Crippen LogP contribution in [0.3, 0.4) is 0 Å². The van der Waals surface area contributed by atoms with Crippen LogP contribution in [0.5, 0.6) is 0 Å². The van der Waals surface area contributed by atoms with Crippen LogP contribution in [0, 0.1) is 18.2 Å². The Balaban J connectivity index is 1.59. The highest BCUT2D eigenvalue weighted by Gasteiger charge is 2.37. The smallest absolute Gasteiger partial charge is 0.367 e. The molecule has 0 unspecified atom stereocenters. The molecule has 0 bridgehead atoms. The number of carbonyl (C=O) groups excluding carboxylic acids is 1. The zero-order valence-corrected chi connectivity index (χ0v) is 24.7. The predicted molar refractivity (Wildman–Crippen MR) is 158 cm³/mol. The Bertz CT molecular complexity index is 1720. The second-order valence-electron chi connectivity index (χ2n) is 10.8. The van der Waals surface area contributed by atoms with E-state index in [0.717, 1.165) is 17.4 Å². The van der Waals surface area contributed by atoms with Crippen molar-refractivity contribution in [2.24, 2.45) is 0 Å². The van der Waals surface area contributed by atoms with E-state index in [9.17, 15) is 22.8 Å². The maximum absolute atomic E-state index is 16.6. The molecule has 3 aromatic rings. The van der Waals surface area contributed by atoms with Crippen LogP contribution in [0.1, 0.15) is 41.8 Å². The van der Waals surface area contributed by atoms with Crippen molar-refractivity contribution in [3.63, 3.8) is 0 Å².